The Morgan fingerprint density at radius 1 is 0.893 bits per heavy atom. The molecule has 3 aromatic carbocycles. The van der Waals surface area contributed by atoms with E-state index in [4.69, 9.17) is 4.74 Å². The highest BCUT2D eigenvalue weighted by molar-refractivity contribution is 7.89. The van der Waals surface area contributed by atoms with Gasteiger partial charge in [-0.3, -0.25) is 10.2 Å². The molecule has 0 unspecified atom stereocenters. The van der Waals surface area contributed by atoms with Crippen molar-refractivity contribution in [1.82, 2.24) is 10.3 Å². The van der Waals surface area contributed by atoms with E-state index in [1.165, 1.54) is 12.1 Å². The first kappa shape index (κ1) is 19.5. The summed E-state index contributed by atoms with van der Waals surface area (Å²) in [5.74, 6) is -0.939. The van der Waals surface area contributed by atoms with Crippen LogP contribution in [0.15, 0.2) is 83.8 Å². The molecular weight excluding hydrogens is 383 g/mol. The predicted octanol–water partition coefficient (Wildman–Crippen LogP) is 2.88. The molecule has 144 valence electrons. The second kappa shape index (κ2) is 8.64. The Morgan fingerprint density at radius 3 is 2.25 bits per heavy atom. The van der Waals surface area contributed by atoms with Crippen LogP contribution in [-0.2, 0) is 14.8 Å². The first-order chi connectivity index (χ1) is 13.4. The maximum Gasteiger partial charge on any atom is 0.272 e. The van der Waals surface area contributed by atoms with Gasteiger partial charge >= 0.3 is 0 Å². The van der Waals surface area contributed by atoms with Gasteiger partial charge in [-0.1, -0.05) is 48.5 Å². The molecule has 0 radical (unpaired) electrons. The Balaban J connectivity index is 1.52. The molecule has 6 nitrogen and oxygen atoms in total. The highest BCUT2D eigenvalue weighted by atomic mass is 32.2. The number of nitrogens with one attached hydrogen (secondary N) is 2. The van der Waals surface area contributed by atoms with Crippen molar-refractivity contribution in [3.8, 4) is 16.9 Å². The minimum absolute atomic E-state index is 0.301. The van der Waals surface area contributed by atoms with E-state index in [1.807, 2.05) is 52.7 Å². The van der Waals surface area contributed by atoms with E-state index in [0.29, 0.717) is 5.75 Å². The summed E-state index contributed by atoms with van der Waals surface area (Å²) >= 11 is 0. The fraction of sp³-hybridized carbons (Fsp3) is 0.0500. The van der Waals surface area contributed by atoms with Gasteiger partial charge < -0.3 is 4.74 Å². The van der Waals surface area contributed by atoms with Gasteiger partial charge in [-0.15, -0.1) is 4.83 Å². The Hall–Kier alpha value is -3.23. The van der Waals surface area contributed by atoms with Gasteiger partial charge in [-0.2, -0.15) is 0 Å². The molecule has 0 fully saturated rings. The second-order valence-corrected chi connectivity index (χ2v) is 7.47. The lowest BCUT2D eigenvalue weighted by molar-refractivity contribution is -0.123. The molecule has 3 aromatic rings. The van der Waals surface area contributed by atoms with E-state index < -0.39 is 28.4 Å². The van der Waals surface area contributed by atoms with E-state index in [0.717, 1.165) is 23.3 Å². The average Bonchev–Trinajstić information content (AvgIpc) is 2.72. The SMILES string of the molecule is O=C(COc1ccc(-c2ccccc2)cc1)NNS(=O)(=O)c1cccc(F)c1. The number of hydrogen-bond donors (Lipinski definition) is 2. The van der Waals surface area contributed by atoms with Gasteiger partial charge in [0.15, 0.2) is 6.61 Å². The van der Waals surface area contributed by atoms with Crippen molar-refractivity contribution in [2.75, 3.05) is 6.61 Å². The quantitative estimate of drug-likeness (QED) is 0.598. The predicted molar refractivity (Wildman–Crippen MR) is 102 cm³/mol. The molecule has 0 aliphatic rings. The molecule has 0 saturated heterocycles. The maximum absolute atomic E-state index is 13.1. The van der Waals surface area contributed by atoms with Gasteiger partial charge in [0.25, 0.3) is 15.9 Å². The first-order valence-corrected chi connectivity index (χ1v) is 9.77. The lowest BCUT2D eigenvalue weighted by atomic mass is 10.1. The minimum Gasteiger partial charge on any atom is -0.484 e. The van der Waals surface area contributed by atoms with Crippen molar-refractivity contribution in [2.24, 2.45) is 0 Å². The fourth-order valence-electron chi connectivity index (χ4n) is 2.38. The van der Waals surface area contributed by atoms with Crippen LogP contribution in [0.4, 0.5) is 4.39 Å². The minimum atomic E-state index is -4.07. The monoisotopic (exact) mass is 400 g/mol. The second-order valence-electron chi connectivity index (χ2n) is 5.79. The lowest BCUT2D eigenvalue weighted by Gasteiger charge is -2.10. The third-order valence-electron chi connectivity index (χ3n) is 3.76. The Kier molecular flexibility index (Phi) is 6.03. The Bertz CT molecular complexity index is 1060. The van der Waals surface area contributed by atoms with Crippen LogP contribution in [0.5, 0.6) is 5.75 Å². The van der Waals surface area contributed by atoms with Crippen LogP contribution in [0.1, 0.15) is 0 Å². The zero-order valence-electron chi connectivity index (χ0n) is 14.6. The number of amides is 1. The number of hydrazine groups is 1. The summed E-state index contributed by atoms with van der Waals surface area (Å²) in [7, 11) is -4.07. The number of benzene rings is 3. The molecule has 0 saturated carbocycles. The standard InChI is InChI=1S/C20H17FN2O4S/c21-17-7-4-8-19(13-17)28(25,26)23-22-20(24)14-27-18-11-9-16(10-12-18)15-5-2-1-3-6-15/h1-13,23H,14H2,(H,22,24). The number of halogens is 1. The molecule has 3 rings (SSSR count). The van der Waals surface area contributed by atoms with Crippen LogP contribution in [0.25, 0.3) is 11.1 Å². The van der Waals surface area contributed by atoms with Crippen molar-refractivity contribution >= 4 is 15.9 Å². The summed E-state index contributed by atoms with van der Waals surface area (Å²) in [6.07, 6.45) is 0. The number of carbonyl (C=O) groups excluding carboxylic acids is 1. The molecule has 0 bridgehead atoms. The molecule has 0 aliphatic carbocycles. The number of rotatable bonds is 7. The molecule has 0 atom stereocenters. The highest BCUT2D eigenvalue weighted by Gasteiger charge is 2.15. The zero-order chi connectivity index (χ0) is 20.0. The largest absolute Gasteiger partial charge is 0.484 e. The molecule has 28 heavy (non-hydrogen) atoms. The van der Waals surface area contributed by atoms with Gasteiger partial charge in [0, 0.05) is 0 Å². The van der Waals surface area contributed by atoms with Gasteiger partial charge in [0.05, 0.1) is 4.90 Å². The van der Waals surface area contributed by atoms with E-state index in [-0.39, 0.29) is 4.90 Å². The van der Waals surface area contributed by atoms with Gasteiger partial charge in [-0.25, -0.2) is 12.8 Å². The summed E-state index contributed by atoms with van der Waals surface area (Å²) in [5.41, 5.74) is 4.08. The third-order valence-corrected chi connectivity index (χ3v) is 5.01. The summed E-state index contributed by atoms with van der Waals surface area (Å²) < 4.78 is 42.5. The van der Waals surface area contributed by atoms with Gasteiger partial charge in [0.1, 0.15) is 11.6 Å². The number of sulfonamides is 1. The maximum atomic E-state index is 13.1. The van der Waals surface area contributed by atoms with Crippen LogP contribution in [-0.4, -0.2) is 20.9 Å². The summed E-state index contributed by atoms with van der Waals surface area (Å²) in [6, 6.07) is 21.3. The zero-order valence-corrected chi connectivity index (χ0v) is 15.4. The normalized spacial score (nSPS) is 11.0. The van der Waals surface area contributed by atoms with E-state index in [2.05, 4.69) is 0 Å². The molecule has 0 aromatic heterocycles. The van der Waals surface area contributed by atoms with E-state index >= 15 is 0 Å². The van der Waals surface area contributed by atoms with Gasteiger partial charge in [0.2, 0.25) is 0 Å². The molecule has 8 heteroatoms. The topological polar surface area (TPSA) is 84.5 Å². The van der Waals surface area contributed by atoms with Gasteiger partial charge in [-0.05, 0) is 41.5 Å². The van der Waals surface area contributed by atoms with Crippen molar-refractivity contribution in [2.45, 2.75) is 4.90 Å². The van der Waals surface area contributed by atoms with Crippen molar-refractivity contribution < 1.29 is 22.3 Å². The van der Waals surface area contributed by atoms with Crippen molar-refractivity contribution in [1.29, 1.82) is 0 Å². The molecule has 0 spiro atoms. The summed E-state index contributed by atoms with van der Waals surface area (Å²) in [5, 5.41) is 0. The first-order valence-electron chi connectivity index (χ1n) is 8.28. The Labute approximate surface area is 162 Å². The van der Waals surface area contributed by atoms with E-state index in [9.17, 15) is 17.6 Å². The molecule has 0 aliphatic heterocycles. The number of ether oxygens (including phenoxy) is 1. The van der Waals surface area contributed by atoms with E-state index in [1.54, 1.807) is 12.1 Å². The third kappa shape index (κ3) is 5.15. The van der Waals surface area contributed by atoms with Crippen LogP contribution in [0, 0.1) is 5.82 Å². The lowest BCUT2D eigenvalue weighted by Crippen LogP contribution is -2.43. The molecular formula is C20H17FN2O4S. The molecule has 1 amide bonds. The highest BCUT2D eigenvalue weighted by Crippen LogP contribution is 2.21. The number of hydrogen-bond acceptors (Lipinski definition) is 4. The molecule has 0 heterocycles. The van der Waals surface area contributed by atoms with Crippen molar-refractivity contribution in [3.63, 3.8) is 0 Å². The number of carbonyl (C=O) groups is 1. The van der Waals surface area contributed by atoms with Crippen molar-refractivity contribution in [3.05, 3.63) is 84.7 Å². The van der Waals surface area contributed by atoms with Crippen LogP contribution < -0.4 is 15.0 Å². The summed E-state index contributed by atoms with van der Waals surface area (Å²) in [6.45, 7) is -0.393. The smallest absolute Gasteiger partial charge is 0.272 e. The van der Waals surface area contributed by atoms with Crippen LogP contribution in [0.2, 0.25) is 0 Å². The fourth-order valence-corrected chi connectivity index (χ4v) is 3.27. The van der Waals surface area contributed by atoms with Crippen LogP contribution in [0.3, 0.4) is 0 Å². The van der Waals surface area contributed by atoms with Crippen LogP contribution >= 0.6 is 0 Å². The summed E-state index contributed by atoms with van der Waals surface area (Å²) in [4.78, 5) is 13.4. The average molecular weight is 400 g/mol. The molecule has 2 N–H and O–H groups in total. The Morgan fingerprint density at radius 2 is 1.57 bits per heavy atom.